The van der Waals surface area contributed by atoms with Gasteiger partial charge in [0.05, 0.1) is 5.69 Å². The lowest BCUT2D eigenvalue weighted by atomic mass is 10.2. The molecule has 6 heteroatoms. The van der Waals surface area contributed by atoms with Crippen LogP contribution in [0.25, 0.3) is 0 Å². The van der Waals surface area contributed by atoms with E-state index in [2.05, 4.69) is 11.6 Å². The highest BCUT2D eigenvalue weighted by molar-refractivity contribution is 7.89. The molecular formula is C12H20N2O3S. The second kappa shape index (κ2) is 6.61. The van der Waals surface area contributed by atoms with Gasteiger partial charge in [0.25, 0.3) is 0 Å². The Bertz CT molecular complexity index is 486. The van der Waals surface area contributed by atoms with Crippen molar-refractivity contribution in [1.29, 1.82) is 0 Å². The van der Waals surface area contributed by atoms with Crippen molar-refractivity contribution >= 4 is 15.7 Å². The van der Waals surface area contributed by atoms with E-state index >= 15 is 0 Å². The summed E-state index contributed by atoms with van der Waals surface area (Å²) >= 11 is 0. The molecule has 0 aliphatic carbocycles. The van der Waals surface area contributed by atoms with Crippen molar-refractivity contribution in [1.82, 2.24) is 4.72 Å². The highest BCUT2D eigenvalue weighted by Crippen LogP contribution is 2.28. The number of unbranched alkanes of at least 4 members (excludes halogenated alkanes) is 3. The molecule has 0 amide bonds. The van der Waals surface area contributed by atoms with Gasteiger partial charge < -0.3 is 10.8 Å². The van der Waals surface area contributed by atoms with Crippen molar-refractivity contribution < 1.29 is 13.5 Å². The van der Waals surface area contributed by atoms with Gasteiger partial charge in [-0.15, -0.1) is 0 Å². The Labute approximate surface area is 108 Å². The maximum atomic E-state index is 11.9. The van der Waals surface area contributed by atoms with Crippen LogP contribution in [0, 0.1) is 0 Å². The van der Waals surface area contributed by atoms with E-state index in [1.165, 1.54) is 18.2 Å². The van der Waals surface area contributed by atoms with E-state index in [0.29, 0.717) is 6.54 Å². The number of phenolic OH excluding ortho intramolecular Hbond substituents is 1. The maximum Gasteiger partial charge on any atom is 0.244 e. The maximum absolute atomic E-state index is 11.9. The van der Waals surface area contributed by atoms with E-state index < -0.39 is 15.8 Å². The van der Waals surface area contributed by atoms with Crippen molar-refractivity contribution in [3.05, 3.63) is 18.2 Å². The number of anilines is 1. The Kier molecular flexibility index (Phi) is 5.43. The fraction of sp³-hybridized carbons (Fsp3) is 0.500. The first-order chi connectivity index (χ1) is 8.49. The lowest BCUT2D eigenvalue weighted by Gasteiger charge is -2.09. The van der Waals surface area contributed by atoms with E-state index in [4.69, 9.17) is 5.73 Å². The summed E-state index contributed by atoms with van der Waals surface area (Å²) in [5, 5.41) is 9.63. The lowest BCUT2D eigenvalue weighted by Crippen LogP contribution is -2.25. The third kappa shape index (κ3) is 3.89. The molecule has 0 saturated heterocycles. The average molecular weight is 272 g/mol. The Balaban J connectivity index is 2.66. The summed E-state index contributed by atoms with van der Waals surface area (Å²) in [6.45, 7) is 2.46. The second-order valence-corrected chi connectivity index (χ2v) is 5.89. The largest absolute Gasteiger partial charge is 0.504 e. The van der Waals surface area contributed by atoms with Gasteiger partial charge in [0.15, 0.2) is 5.75 Å². The summed E-state index contributed by atoms with van der Waals surface area (Å²) in [4.78, 5) is -0.169. The van der Waals surface area contributed by atoms with Crippen LogP contribution in [0.15, 0.2) is 23.1 Å². The number of rotatable bonds is 7. The number of aromatic hydroxyl groups is 1. The zero-order valence-electron chi connectivity index (χ0n) is 10.5. The molecule has 0 radical (unpaired) electrons. The number of hydrogen-bond acceptors (Lipinski definition) is 4. The molecule has 0 aliphatic rings. The van der Waals surface area contributed by atoms with Gasteiger partial charge in [-0.1, -0.05) is 32.3 Å². The smallest absolute Gasteiger partial charge is 0.244 e. The molecule has 0 fully saturated rings. The van der Waals surface area contributed by atoms with E-state index in [0.717, 1.165) is 25.7 Å². The zero-order chi connectivity index (χ0) is 13.6. The lowest BCUT2D eigenvalue weighted by molar-refractivity contribution is 0.460. The van der Waals surface area contributed by atoms with Crippen LogP contribution < -0.4 is 10.5 Å². The van der Waals surface area contributed by atoms with Crippen LogP contribution in [0.1, 0.15) is 32.6 Å². The predicted octanol–water partition coefficient (Wildman–Crippen LogP) is 1.83. The number of nitrogen functional groups attached to an aromatic ring is 1. The third-order valence-electron chi connectivity index (χ3n) is 2.64. The molecule has 1 aromatic carbocycles. The highest BCUT2D eigenvalue weighted by atomic mass is 32.2. The normalized spacial score (nSPS) is 11.6. The first-order valence-corrected chi connectivity index (χ1v) is 7.54. The minimum atomic E-state index is -3.68. The number of para-hydroxylation sites is 1. The van der Waals surface area contributed by atoms with Gasteiger partial charge in [-0.2, -0.15) is 0 Å². The Morgan fingerprint density at radius 1 is 1.28 bits per heavy atom. The molecule has 0 bridgehead atoms. The Morgan fingerprint density at radius 2 is 2.00 bits per heavy atom. The number of nitrogens with two attached hydrogens (primary N) is 1. The Morgan fingerprint density at radius 3 is 2.67 bits per heavy atom. The summed E-state index contributed by atoms with van der Waals surface area (Å²) in [5.41, 5.74) is 5.53. The van der Waals surface area contributed by atoms with Gasteiger partial charge in [-0.3, -0.25) is 0 Å². The number of benzene rings is 1. The second-order valence-electron chi connectivity index (χ2n) is 4.15. The van der Waals surface area contributed by atoms with E-state index in [1.54, 1.807) is 0 Å². The topological polar surface area (TPSA) is 92.4 Å². The molecule has 1 rings (SSSR count). The van der Waals surface area contributed by atoms with Crippen LogP contribution >= 0.6 is 0 Å². The molecule has 102 valence electrons. The van der Waals surface area contributed by atoms with Crippen LogP contribution in [0.4, 0.5) is 5.69 Å². The van der Waals surface area contributed by atoms with E-state index in [9.17, 15) is 13.5 Å². The molecule has 0 aromatic heterocycles. The van der Waals surface area contributed by atoms with Crippen LogP contribution in [-0.2, 0) is 10.0 Å². The van der Waals surface area contributed by atoms with Gasteiger partial charge >= 0.3 is 0 Å². The van der Waals surface area contributed by atoms with Crippen LogP contribution in [0.3, 0.4) is 0 Å². The number of phenols is 1. The molecule has 0 atom stereocenters. The van der Waals surface area contributed by atoms with Gasteiger partial charge in [-0.05, 0) is 18.6 Å². The standard InChI is InChI=1S/C12H20N2O3S/c1-2-3-4-5-9-14-18(16,17)11-8-6-7-10(13)12(11)15/h6-8,14-15H,2-5,9,13H2,1H3. The molecule has 0 unspecified atom stereocenters. The Hall–Kier alpha value is -1.27. The van der Waals surface area contributed by atoms with E-state index in [-0.39, 0.29) is 10.6 Å². The fourth-order valence-electron chi connectivity index (χ4n) is 1.59. The molecule has 0 saturated carbocycles. The van der Waals surface area contributed by atoms with Gasteiger partial charge in [0, 0.05) is 6.54 Å². The minimum Gasteiger partial charge on any atom is -0.504 e. The molecule has 0 aliphatic heterocycles. The van der Waals surface area contributed by atoms with Crippen molar-refractivity contribution in [2.45, 2.75) is 37.5 Å². The molecule has 18 heavy (non-hydrogen) atoms. The van der Waals surface area contributed by atoms with Crippen molar-refractivity contribution in [3.8, 4) is 5.75 Å². The number of sulfonamides is 1. The summed E-state index contributed by atoms with van der Waals surface area (Å²) in [7, 11) is -3.68. The van der Waals surface area contributed by atoms with E-state index in [1.807, 2.05) is 0 Å². The number of hydrogen-bond donors (Lipinski definition) is 3. The van der Waals surface area contributed by atoms with Gasteiger partial charge in [-0.25, -0.2) is 13.1 Å². The molecule has 1 aromatic rings. The monoisotopic (exact) mass is 272 g/mol. The molecule has 0 spiro atoms. The summed E-state index contributed by atoms with van der Waals surface area (Å²) in [6, 6.07) is 4.29. The van der Waals surface area contributed by atoms with Crippen molar-refractivity contribution in [2.75, 3.05) is 12.3 Å². The summed E-state index contributed by atoms with van der Waals surface area (Å²) < 4.78 is 26.3. The predicted molar refractivity (Wildman–Crippen MR) is 71.8 cm³/mol. The highest BCUT2D eigenvalue weighted by Gasteiger charge is 2.18. The number of nitrogens with one attached hydrogen (secondary N) is 1. The molecule has 5 nitrogen and oxygen atoms in total. The summed E-state index contributed by atoms with van der Waals surface area (Å²) in [6.07, 6.45) is 3.96. The van der Waals surface area contributed by atoms with Crippen molar-refractivity contribution in [2.24, 2.45) is 0 Å². The average Bonchev–Trinajstić information content (AvgIpc) is 2.32. The van der Waals surface area contributed by atoms with Crippen LogP contribution in [0.5, 0.6) is 5.75 Å². The fourth-order valence-corrected chi connectivity index (χ4v) is 2.79. The third-order valence-corrected chi connectivity index (χ3v) is 4.13. The van der Waals surface area contributed by atoms with Crippen LogP contribution in [-0.4, -0.2) is 20.1 Å². The first kappa shape index (κ1) is 14.8. The quantitative estimate of drug-likeness (QED) is 0.401. The van der Waals surface area contributed by atoms with Crippen LogP contribution in [0.2, 0.25) is 0 Å². The molecule has 4 N–H and O–H groups in total. The van der Waals surface area contributed by atoms with Crippen molar-refractivity contribution in [3.63, 3.8) is 0 Å². The molecule has 0 heterocycles. The summed E-state index contributed by atoms with van der Waals surface area (Å²) in [5.74, 6) is -0.390. The van der Waals surface area contributed by atoms with Gasteiger partial charge in [0.1, 0.15) is 4.90 Å². The zero-order valence-corrected chi connectivity index (χ0v) is 11.3. The first-order valence-electron chi connectivity index (χ1n) is 6.06. The SMILES string of the molecule is CCCCCCNS(=O)(=O)c1cccc(N)c1O. The van der Waals surface area contributed by atoms with Gasteiger partial charge in [0.2, 0.25) is 10.0 Å². The minimum absolute atomic E-state index is 0.0591. The molecular weight excluding hydrogens is 252 g/mol.